The minimum absolute atomic E-state index is 0.327. The maximum Gasteiger partial charge on any atom is 0.244 e. The molecule has 1 heterocycles. The Morgan fingerprint density at radius 3 is 2.24 bits per heavy atom. The van der Waals surface area contributed by atoms with Gasteiger partial charge in [0.25, 0.3) is 0 Å². The second-order valence-corrected chi connectivity index (χ2v) is 4.26. The molecule has 0 aliphatic carbocycles. The molecule has 1 aromatic rings. The predicted octanol–water partition coefficient (Wildman–Crippen LogP) is -0.534. The number of nitrogens with zero attached hydrogens (tertiary/aromatic N) is 3. The topological polar surface area (TPSA) is 86.0 Å². The quantitative estimate of drug-likeness (QED) is 0.250. The average molecular weight is 326 g/mol. The van der Waals surface area contributed by atoms with Crippen LogP contribution in [-0.4, -0.2) is 36.8 Å². The van der Waals surface area contributed by atoms with Crippen LogP contribution in [0.15, 0.2) is 34.7 Å². The molecule has 21 heavy (non-hydrogen) atoms. The molecule has 0 atom stereocenters. The van der Waals surface area contributed by atoms with Gasteiger partial charge >= 0.3 is 0 Å². The Balaban J connectivity index is 2.31. The van der Waals surface area contributed by atoms with E-state index < -0.39 is 0 Å². The molecule has 4 N–H and O–H groups in total. The molecule has 1 rings (SSSR count). The Hall–Kier alpha value is -2.33. The molecule has 0 aromatic carbocycles. The predicted molar refractivity (Wildman–Crippen MR) is 90.1 cm³/mol. The number of pyridine rings is 1. The van der Waals surface area contributed by atoms with Crippen molar-refractivity contribution in [3.05, 3.63) is 24.5 Å². The lowest BCUT2D eigenvalue weighted by Crippen LogP contribution is -2.50. The molecule has 0 radical (unpaired) electrons. The van der Waals surface area contributed by atoms with Gasteiger partial charge in [0.15, 0.2) is 5.11 Å². The highest BCUT2D eigenvalue weighted by Gasteiger charge is 2.02. The summed E-state index contributed by atoms with van der Waals surface area (Å²) in [6, 6.07) is 3.59. The van der Waals surface area contributed by atoms with Crippen molar-refractivity contribution in [3.8, 4) is 5.75 Å². The lowest BCUT2D eigenvalue weighted by atomic mass is 10.4. The number of methoxy groups -OCH3 is 1. The van der Waals surface area contributed by atoms with Gasteiger partial charge in [-0.25, -0.2) is 5.43 Å². The molecule has 0 fully saturated rings. The van der Waals surface area contributed by atoms with Gasteiger partial charge in [0.2, 0.25) is 17.5 Å². The highest BCUT2D eigenvalue weighted by Crippen LogP contribution is 2.03. The third-order valence-corrected chi connectivity index (χ3v) is 2.52. The molecular weight excluding hydrogens is 310 g/mol. The highest BCUT2D eigenvalue weighted by atomic mass is 32.1. The van der Waals surface area contributed by atoms with Gasteiger partial charge in [0.05, 0.1) is 19.5 Å². The summed E-state index contributed by atoms with van der Waals surface area (Å²) in [7, 11) is 3.30. The van der Waals surface area contributed by atoms with Crippen LogP contribution in [0.3, 0.4) is 0 Å². The van der Waals surface area contributed by atoms with E-state index in [0.717, 1.165) is 5.75 Å². The van der Waals surface area contributed by atoms with Gasteiger partial charge < -0.3 is 10.1 Å². The van der Waals surface area contributed by atoms with Gasteiger partial charge in [-0.05, 0) is 24.4 Å². The van der Waals surface area contributed by atoms with E-state index in [1.54, 1.807) is 43.4 Å². The summed E-state index contributed by atoms with van der Waals surface area (Å²) in [5, 5.41) is 11.1. The van der Waals surface area contributed by atoms with Crippen LogP contribution in [0.1, 0.15) is 0 Å². The largest absolute Gasteiger partial charge is 0.496 e. The zero-order valence-corrected chi connectivity index (χ0v) is 13.2. The number of hydrogen-bond donors (Lipinski definition) is 4. The van der Waals surface area contributed by atoms with Gasteiger partial charge in [-0.2, -0.15) is 10.2 Å². The molecule has 0 saturated carbocycles. The van der Waals surface area contributed by atoms with Crippen molar-refractivity contribution < 1.29 is 9.41 Å². The van der Waals surface area contributed by atoms with E-state index in [9.17, 15) is 0 Å². The third kappa shape index (κ3) is 7.13. The fraction of sp³-hybridized carbons (Fsp3) is 0.182. The molecule has 1 aromatic heterocycles. The fourth-order valence-electron chi connectivity index (χ4n) is 1.08. The van der Waals surface area contributed by atoms with Gasteiger partial charge in [0.1, 0.15) is 5.75 Å². The molecule has 0 aliphatic rings. The van der Waals surface area contributed by atoms with E-state index in [2.05, 4.69) is 31.8 Å². The Morgan fingerprint density at radius 2 is 1.71 bits per heavy atom. The Morgan fingerprint density at radius 1 is 1.14 bits per heavy atom. The SMILES string of the molecule is CNC(=S)NN=CC=NNC(=S)N[n+]1ccc(OC)cc1. The lowest BCUT2D eigenvalue weighted by Gasteiger charge is -2.01. The minimum atomic E-state index is 0.327. The molecule has 112 valence electrons. The standard InChI is InChI=1S/C11H15N7OS2/c1-12-10(20)15-13-5-6-14-16-11(21)17-18-7-3-9(19-2)4-8-18/h3-8H,1-2H3,(H3-,12,13,14,15,16,17,20,21)/p+1. The van der Waals surface area contributed by atoms with Crippen molar-refractivity contribution in [2.45, 2.75) is 0 Å². The van der Waals surface area contributed by atoms with E-state index in [1.807, 2.05) is 0 Å². The van der Waals surface area contributed by atoms with Crippen molar-refractivity contribution in [1.29, 1.82) is 0 Å². The average Bonchev–Trinajstić information content (AvgIpc) is 2.51. The van der Waals surface area contributed by atoms with Crippen LogP contribution in [0, 0.1) is 0 Å². The van der Waals surface area contributed by atoms with Crippen LogP contribution in [0.4, 0.5) is 0 Å². The summed E-state index contributed by atoms with van der Waals surface area (Å²) in [4.78, 5) is 0. The first kappa shape index (κ1) is 16.7. The summed E-state index contributed by atoms with van der Waals surface area (Å²) >= 11 is 9.88. The number of hydrazone groups is 2. The number of thiocarbonyl (C=S) groups is 2. The summed E-state index contributed by atoms with van der Waals surface area (Å²) in [6.45, 7) is 0. The van der Waals surface area contributed by atoms with E-state index in [0.29, 0.717) is 10.2 Å². The lowest BCUT2D eigenvalue weighted by molar-refractivity contribution is -0.640. The van der Waals surface area contributed by atoms with Crippen molar-refractivity contribution >= 4 is 47.1 Å². The van der Waals surface area contributed by atoms with Gasteiger partial charge in [0, 0.05) is 19.2 Å². The van der Waals surface area contributed by atoms with E-state index in [4.69, 9.17) is 29.2 Å². The van der Waals surface area contributed by atoms with Crippen LogP contribution < -0.4 is 31.0 Å². The van der Waals surface area contributed by atoms with E-state index in [-0.39, 0.29) is 0 Å². The fourth-order valence-corrected chi connectivity index (χ4v) is 1.29. The maximum absolute atomic E-state index is 5.06. The second kappa shape index (κ2) is 9.55. The Labute approximate surface area is 133 Å². The number of rotatable bonds is 5. The van der Waals surface area contributed by atoms with Crippen molar-refractivity contribution in [1.82, 2.24) is 16.2 Å². The summed E-state index contributed by atoms with van der Waals surface area (Å²) in [6.07, 6.45) is 6.39. The van der Waals surface area contributed by atoms with Gasteiger partial charge in [-0.3, -0.25) is 5.43 Å². The zero-order valence-electron chi connectivity index (χ0n) is 11.5. The first-order valence-electron chi connectivity index (χ1n) is 5.80. The molecule has 0 amide bonds. The molecule has 0 bridgehead atoms. The molecular formula is C11H16N7OS2+. The van der Waals surface area contributed by atoms with Crippen LogP contribution in [0.5, 0.6) is 5.75 Å². The Kier molecular flexibility index (Phi) is 7.61. The number of hydrogen-bond acceptors (Lipinski definition) is 5. The van der Waals surface area contributed by atoms with Crippen LogP contribution in [0.25, 0.3) is 0 Å². The number of nitrogens with one attached hydrogen (secondary N) is 4. The monoisotopic (exact) mass is 326 g/mol. The molecule has 0 aliphatic heterocycles. The van der Waals surface area contributed by atoms with Gasteiger partial charge in [-0.1, -0.05) is 4.68 Å². The highest BCUT2D eigenvalue weighted by molar-refractivity contribution is 7.80. The Bertz CT molecular complexity index is 530. The van der Waals surface area contributed by atoms with Crippen molar-refractivity contribution in [2.24, 2.45) is 10.2 Å². The van der Waals surface area contributed by atoms with Gasteiger partial charge in [-0.15, -0.1) is 5.43 Å². The normalized spacial score (nSPS) is 10.4. The molecule has 0 saturated heterocycles. The molecule has 10 heteroatoms. The van der Waals surface area contributed by atoms with Crippen LogP contribution >= 0.6 is 24.4 Å². The molecule has 8 nitrogen and oxygen atoms in total. The molecule has 0 spiro atoms. The maximum atomic E-state index is 5.06. The number of ether oxygens (including phenoxy) is 1. The second-order valence-electron chi connectivity index (χ2n) is 3.45. The van der Waals surface area contributed by atoms with E-state index >= 15 is 0 Å². The zero-order chi connectivity index (χ0) is 15.5. The summed E-state index contributed by atoms with van der Waals surface area (Å²) < 4.78 is 6.72. The molecule has 0 unspecified atom stereocenters. The smallest absolute Gasteiger partial charge is 0.244 e. The van der Waals surface area contributed by atoms with Crippen molar-refractivity contribution in [2.75, 3.05) is 19.6 Å². The van der Waals surface area contributed by atoms with E-state index in [1.165, 1.54) is 12.4 Å². The summed E-state index contributed by atoms with van der Waals surface area (Å²) in [5.74, 6) is 0.758. The first-order chi connectivity index (χ1) is 10.2. The summed E-state index contributed by atoms with van der Waals surface area (Å²) in [5.41, 5.74) is 8.10. The van der Waals surface area contributed by atoms with Crippen molar-refractivity contribution in [3.63, 3.8) is 0 Å². The van der Waals surface area contributed by atoms with Crippen LogP contribution in [-0.2, 0) is 0 Å². The van der Waals surface area contributed by atoms with Crippen LogP contribution in [0.2, 0.25) is 0 Å². The minimum Gasteiger partial charge on any atom is -0.496 e. The third-order valence-electron chi connectivity index (χ3n) is 2.04. The first-order valence-corrected chi connectivity index (χ1v) is 6.62. The number of aromatic nitrogens is 1.